The quantitative estimate of drug-likeness (QED) is 0.781. The van der Waals surface area contributed by atoms with Crippen molar-refractivity contribution in [3.8, 4) is 11.5 Å². The van der Waals surface area contributed by atoms with Crippen molar-refractivity contribution in [1.82, 2.24) is 20.2 Å². The molecule has 0 aliphatic carbocycles. The SMILES string of the molecule is CCCOC(=O)C1=C(C)Nc2nnnn2C1c1ccc(OC)c(OC)c1. The maximum Gasteiger partial charge on any atom is 0.338 e. The van der Waals surface area contributed by atoms with Crippen molar-refractivity contribution >= 4 is 11.9 Å². The topological polar surface area (TPSA) is 100 Å². The van der Waals surface area contributed by atoms with Gasteiger partial charge in [-0.15, -0.1) is 0 Å². The zero-order valence-corrected chi connectivity index (χ0v) is 15.1. The van der Waals surface area contributed by atoms with Gasteiger partial charge in [0.1, 0.15) is 6.04 Å². The molecule has 1 atom stereocenters. The van der Waals surface area contributed by atoms with Crippen LogP contribution in [0.15, 0.2) is 29.5 Å². The largest absolute Gasteiger partial charge is 0.493 e. The first-order valence-corrected chi connectivity index (χ1v) is 8.25. The molecule has 0 amide bonds. The molecule has 9 heteroatoms. The van der Waals surface area contributed by atoms with E-state index in [-0.39, 0.29) is 0 Å². The lowest BCUT2D eigenvalue weighted by Gasteiger charge is -2.27. The van der Waals surface area contributed by atoms with Crippen LogP contribution in [0.2, 0.25) is 0 Å². The van der Waals surface area contributed by atoms with E-state index >= 15 is 0 Å². The van der Waals surface area contributed by atoms with Crippen LogP contribution in [0.5, 0.6) is 11.5 Å². The minimum atomic E-state index is -0.537. The third-order valence-corrected chi connectivity index (χ3v) is 4.09. The van der Waals surface area contributed by atoms with Crippen molar-refractivity contribution in [2.45, 2.75) is 26.3 Å². The third kappa shape index (κ3) is 3.07. The number of tetrazole rings is 1. The van der Waals surface area contributed by atoms with Crippen molar-refractivity contribution in [2.75, 3.05) is 26.1 Å². The highest BCUT2D eigenvalue weighted by Crippen LogP contribution is 2.38. The van der Waals surface area contributed by atoms with E-state index in [0.29, 0.717) is 35.3 Å². The summed E-state index contributed by atoms with van der Waals surface area (Å²) in [6.45, 7) is 4.09. The number of hydrogen-bond donors (Lipinski definition) is 1. The summed E-state index contributed by atoms with van der Waals surface area (Å²) in [7, 11) is 3.13. The number of carbonyl (C=O) groups is 1. The summed E-state index contributed by atoms with van der Waals surface area (Å²) < 4.78 is 17.6. The van der Waals surface area contributed by atoms with Crippen LogP contribution in [0.1, 0.15) is 31.9 Å². The summed E-state index contributed by atoms with van der Waals surface area (Å²) in [5.74, 6) is 1.20. The maximum absolute atomic E-state index is 12.7. The lowest BCUT2D eigenvalue weighted by atomic mass is 9.95. The summed E-state index contributed by atoms with van der Waals surface area (Å²) in [4.78, 5) is 12.7. The maximum atomic E-state index is 12.7. The second kappa shape index (κ2) is 7.42. The lowest BCUT2D eigenvalue weighted by Crippen LogP contribution is -2.29. The third-order valence-electron chi connectivity index (χ3n) is 4.09. The number of ether oxygens (including phenoxy) is 3. The Hall–Kier alpha value is -3.10. The molecule has 1 aromatic heterocycles. The number of aromatic nitrogens is 4. The van der Waals surface area contributed by atoms with Gasteiger partial charge in [0.2, 0.25) is 5.95 Å². The molecule has 26 heavy (non-hydrogen) atoms. The molecule has 0 radical (unpaired) electrons. The highest BCUT2D eigenvalue weighted by atomic mass is 16.5. The van der Waals surface area contributed by atoms with Gasteiger partial charge in [-0.3, -0.25) is 0 Å². The Kier molecular flexibility index (Phi) is 5.06. The van der Waals surface area contributed by atoms with Crippen LogP contribution in [-0.4, -0.2) is 47.0 Å². The van der Waals surface area contributed by atoms with Crippen molar-refractivity contribution in [3.05, 3.63) is 35.0 Å². The zero-order chi connectivity index (χ0) is 18.7. The van der Waals surface area contributed by atoms with Gasteiger partial charge >= 0.3 is 5.97 Å². The zero-order valence-electron chi connectivity index (χ0n) is 15.1. The number of anilines is 1. The average molecular weight is 359 g/mol. The van der Waals surface area contributed by atoms with Crippen LogP contribution in [0.4, 0.5) is 5.95 Å². The highest BCUT2D eigenvalue weighted by Gasteiger charge is 2.35. The molecule has 3 rings (SSSR count). The summed E-state index contributed by atoms with van der Waals surface area (Å²) in [5, 5.41) is 14.8. The van der Waals surface area contributed by atoms with Crippen LogP contribution >= 0.6 is 0 Å². The molecular weight excluding hydrogens is 338 g/mol. The van der Waals surface area contributed by atoms with E-state index in [1.807, 2.05) is 13.0 Å². The molecule has 1 aromatic carbocycles. The summed E-state index contributed by atoms with van der Waals surface area (Å²) >= 11 is 0. The van der Waals surface area contributed by atoms with Crippen LogP contribution in [0.25, 0.3) is 0 Å². The van der Waals surface area contributed by atoms with E-state index in [1.54, 1.807) is 38.0 Å². The van der Waals surface area contributed by atoms with Gasteiger partial charge in [0, 0.05) is 5.70 Å². The Morgan fingerprint density at radius 2 is 2.04 bits per heavy atom. The fraction of sp³-hybridized carbons (Fsp3) is 0.412. The minimum absolute atomic E-state index is 0.344. The van der Waals surface area contributed by atoms with Crippen LogP contribution in [0.3, 0.4) is 0 Å². The Morgan fingerprint density at radius 1 is 1.27 bits per heavy atom. The number of rotatable bonds is 6. The van der Waals surface area contributed by atoms with Crippen molar-refractivity contribution in [2.24, 2.45) is 0 Å². The molecule has 1 aliphatic rings. The van der Waals surface area contributed by atoms with Gasteiger partial charge in [-0.1, -0.05) is 18.1 Å². The first-order valence-electron chi connectivity index (χ1n) is 8.25. The molecule has 0 saturated heterocycles. The normalized spacial score (nSPS) is 15.9. The molecule has 0 spiro atoms. The standard InChI is InChI=1S/C17H21N5O4/c1-5-8-26-16(23)14-10(2)18-17-19-20-21-22(17)15(14)11-6-7-12(24-3)13(9-11)25-4/h6-7,9,15H,5,8H2,1-4H3,(H,18,19,21). The molecule has 1 unspecified atom stereocenters. The second-order valence-electron chi connectivity index (χ2n) is 5.76. The van der Waals surface area contributed by atoms with E-state index in [1.165, 1.54) is 0 Å². The molecule has 0 saturated carbocycles. The van der Waals surface area contributed by atoms with Gasteiger partial charge in [-0.05, 0) is 41.5 Å². The van der Waals surface area contributed by atoms with Gasteiger partial charge < -0.3 is 19.5 Å². The van der Waals surface area contributed by atoms with Crippen LogP contribution < -0.4 is 14.8 Å². The Bertz CT molecular complexity index is 845. The Balaban J connectivity index is 2.10. The van der Waals surface area contributed by atoms with Crippen molar-refractivity contribution in [3.63, 3.8) is 0 Å². The van der Waals surface area contributed by atoms with E-state index in [9.17, 15) is 4.79 Å². The van der Waals surface area contributed by atoms with Gasteiger partial charge in [0.05, 0.1) is 26.4 Å². The van der Waals surface area contributed by atoms with Gasteiger partial charge in [-0.25, -0.2) is 4.79 Å². The minimum Gasteiger partial charge on any atom is -0.493 e. The number of fused-ring (bicyclic) bond motifs is 1. The smallest absolute Gasteiger partial charge is 0.338 e. The van der Waals surface area contributed by atoms with E-state index < -0.39 is 12.0 Å². The Labute approximate surface area is 150 Å². The van der Waals surface area contributed by atoms with Gasteiger partial charge in [0.15, 0.2) is 11.5 Å². The number of methoxy groups -OCH3 is 2. The second-order valence-corrected chi connectivity index (χ2v) is 5.76. The fourth-order valence-corrected chi connectivity index (χ4v) is 2.88. The monoisotopic (exact) mass is 359 g/mol. The summed E-state index contributed by atoms with van der Waals surface area (Å²) in [6.07, 6.45) is 0.739. The molecule has 1 aliphatic heterocycles. The number of nitrogens with zero attached hydrogens (tertiary/aromatic N) is 4. The van der Waals surface area contributed by atoms with Gasteiger partial charge in [-0.2, -0.15) is 4.68 Å². The number of carbonyl (C=O) groups excluding carboxylic acids is 1. The number of benzene rings is 1. The number of hydrogen-bond acceptors (Lipinski definition) is 8. The van der Waals surface area contributed by atoms with Crippen LogP contribution in [0, 0.1) is 0 Å². The number of nitrogens with one attached hydrogen (secondary N) is 1. The number of allylic oxidation sites excluding steroid dienone is 1. The molecule has 2 heterocycles. The highest BCUT2D eigenvalue weighted by molar-refractivity contribution is 5.92. The van der Waals surface area contributed by atoms with E-state index in [0.717, 1.165) is 12.0 Å². The predicted molar refractivity (Wildman–Crippen MR) is 93.1 cm³/mol. The van der Waals surface area contributed by atoms with E-state index in [2.05, 4.69) is 20.8 Å². The predicted octanol–water partition coefficient (Wildman–Crippen LogP) is 1.93. The van der Waals surface area contributed by atoms with Crippen molar-refractivity contribution in [1.29, 1.82) is 0 Å². The number of esters is 1. The van der Waals surface area contributed by atoms with Crippen molar-refractivity contribution < 1.29 is 19.0 Å². The molecule has 9 nitrogen and oxygen atoms in total. The summed E-state index contributed by atoms with van der Waals surface area (Å²) in [5.41, 5.74) is 1.87. The summed E-state index contributed by atoms with van der Waals surface area (Å²) in [6, 6.07) is 4.90. The first-order chi connectivity index (χ1) is 12.6. The van der Waals surface area contributed by atoms with Crippen LogP contribution in [-0.2, 0) is 9.53 Å². The van der Waals surface area contributed by atoms with E-state index in [4.69, 9.17) is 14.2 Å². The Morgan fingerprint density at radius 3 is 2.73 bits per heavy atom. The average Bonchev–Trinajstić information content (AvgIpc) is 3.12. The fourth-order valence-electron chi connectivity index (χ4n) is 2.88. The molecule has 0 bridgehead atoms. The van der Waals surface area contributed by atoms with Gasteiger partial charge in [0.25, 0.3) is 0 Å². The molecule has 1 N–H and O–H groups in total. The molecular formula is C17H21N5O4. The molecule has 2 aromatic rings. The molecule has 0 fully saturated rings. The first kappa shape index (κ1) is 17.7. The lowest BCUT2D eigenvalue weighted by molar-refractivity contribution is -0.139. The molecule has 138 valence electrons.